The van der Waals surface area contributed by atoms with Crippen LogP contribution in [0.25, 0.3) is 0 Å². The van der Waals surface area contributed by atoms with Crippen molar-refractivity contribution < 1.29 is 4.79 Å². The van der Waals surface area contributed by atoms with Crippen molar-refractivity contribution in [3.63, 3.8) is 0 Å². The third-order valence-electron chi connectivity index (χ3n) is 3.58. The Hall–Kier alpha value is -2.01. The van der Waals surface area contributed by atoms with Crippen molar-refractivity contribution in [3.05, 3.63) is 45.7 Å². The number of rotatable bonds is 4. The second kappa shape index (κ2) is 6.18. The van der Waals surface area contributed by atoms with E-state index >= 15 is 0 Å². The number of anilines is 1. The maximum atomic E-state index is 12.0. The summed E-state index contributed by atoms with van der Waals surface area (Å²) in [5.41, 5.74) is 9.91. The Morgan fingerprint density at radius 2 is 2.14 bits per heavy atom. The van der Waals surface area contributed by atoms with Crippen LogP contribution >= 0.6 is 11.6 Å². The SMILES string of the molecule is Cc1nn(C)c(C)c1CCNC(=O)c1ccc(Cl)c(N)c1. The van der Waals surface area contributed by atoms with Gasteiger partial charge in [-0.1, -0.05) is 11.6 Å². The number of nitrogens with two attached hydrogens (primary N) is 1. The monoisotopic (exact) mass is 306 g/mol. The smallest absolute Gasteiger partial charge is 0.251 e. The molecule has 6 heteroatoms. The number of carbonyl (C=O) groups is 1. The fourth-order valence-corrected chi connectivity index (χ4v) is 2.38. The molecule has 0 fully saturated rings. The number of nitrogens with one attached hydrogen (secondary N) is 1. The summed E-state index contributed by atoms with van der Waals surface area (Å²) in [5.74, 6) is -0.155. The van der Waals surface area contributed by atoms with Crippen molar-refractivity contribution in [3.8, 4) is 0 Å². The molecule has 1 aromatic carbocycles. The number of hydrogen-bond acceptors (Lipinski definition) is 3. The highest BCUT2D eigenvalue weighted by atomic mass is 35.5. The third kappa shape index (κ3) is 3.36. The van der Waals surface area contributed by atoms with E-state index in [1.807, 2.05) is 25.6 Å². The first-order valence-electron chi connectivity index (χ1n) is 6.72. The molecule has 1 heterocycles. The summed E-state index contributed by atoms with van der Waals surface area (Å²) < 4.78 is 1.85. The Morgan fingerprint density at radius 1 is 1.43 bits per heavy atom. The van der Waals surface area contributed by atoms with Gasteiger partial charge in [0.25, 0.3) is 5.91 Å². The van der Waals surface area contributed by atoms with Gasteiger partial charge in [-0.05, 0) is 44.0 Å². The molecule has 0 aliphatic heterocycles. The van der Waals surface area contributed by atoms with Crippen molar-refractivity contribution in [1.82, 2.24) is 15.1 Å². The molecular weight excluding hydrogens is 288 g/mol. The molecule has 0 radical (unpaired) electrons. The van der Waals surface area contributed by atoms with E-state index in [-0.39, 0.29) is 5.91 Å². The molecule has 1 amide bonds. The van der Waals surface area contributed by atoms with E-state index in [1.165, 1.54) is 5.56 Å². The van der Waals surface area contributed by atoms with Gasteiger partial charge in [-0.15, -0.1) is 0 Å². The first kappa shape index (κ1) is 15.4. The predicted molar refractivity (Wildman–Crippen MR) is 84.6 cm³/mol. The topological polar surface area (TPSA) is 72.9 Å². The number of nitrogens with zero attached hydrogens (tertiary/aromatic N) is 2. The van der Waals surface area contributed by atoms with Crippen LogP contribution in [0.5, 0.6) is 0 Å². The van der Waals surface area contributed by atoms with Crippen LogP contribution in [0.1, 0.15) is 27.3 Å². The van der Waals surface area contributed by atoms with E-state index in [0.29, 0.717) is 22.8 Å². The fraction of sp³-hybridized carbons (Fsp3) is 0.333. The Balaban J connectivity index is 1.97. The molecule has 112 valence electrons. The van der Waals surface area contributed by atoms with Gasteiger partial charge in [-0.2, -0.15) is 5.10 Å². The normalized spacial score (nSPS) is 10.7. The standard InChI is InChI=1S/C15H19ClN4O/c1-9-12(10(2)20(3)19-9)6-7-18-15(21)11-4-5-13(16)14(17)8-11/h4-5,8H,6-7,17H2,1-3H3,(H,18,21). The first-order chi connectivity index (χ1) is 9.90. The molecule has 0 saturated carbocycles. The average Bonchev–Trinajstić information content (AvgIpc) is 2.68. The molecule has 0 saturated heterocycles. The molecular formula is C15H19ClN4O. The predicted octanol–water partition coefficient (Wildman–Crippen LogP) is 2.25. The van der Waals surface area contributed by atoms with Gasteiger partial charge in [0.1, 0.15) is 0 Å². The molecule has 0 aliphatic carbocycles. The maximum Gasteiger partial charge on any atom is 0.251 e. The van der Waals surface area contributed by atoms with Crippen LogP contribution in [0, 0.1) is 13.8 Å². The Morgan fingerprint density at radius 3 is 2.71 bits per heavy atom. The first-order valence-corrected chi connectivity index (χ1v) is 7.10. The highest BCUT2D eigenvalue weighted by Crippen LogP contribution is 2.19. The van der Waals surface area contributed by atoms with Crippen molar-refractivity contribution in [1.29, 1.82) is 0 Å². The van der Waals surface area contributed by atoms with Gasteiger partial charge in [0.15, 0.2) is 0 Å². The second-order valence-corrected chi connectivity index (χ2v) is 5.42. The quantitative estimate of drug-likeness (QED) is 0.851. The highest BCUT2D eigenvalue weighted by molar-refractivity contribution is 6.33. The average molecular weight is 307 g/mol. The summed E-state index contributed by atoms with van der Waals surface area (Å²) in [6.07, 6.45) is 0.750. The number of carbonyl (C=O) groups excluding carboxylic acids is 1. The van der Waals surface area contributed by atoms with Gasteiger partial charge in [0, 0.05) is 24.8 Å². The minimum atomic E-state index is -0.155. The van der Waals surface area contributed by atoms with Crippen molar-refractivity contribution in [2.75, 3.05) is 12.3 Å². The number of hydrogen-bond donors (Lipinski definition) is 2. The molecule has 3 N–H and O–H groups in total. The zero-order valence-electron chi connectivity index (χ0n) is 12.4. The van der Waals surface area contributed by atoms with Gasteiger partial charge >= 0.3 is 0 Å². The van der Waals surface area contributed by atoms with Crippen molar-refractivity contribution in [2.45, 2.75) is 20.3 Å². The molecule has 2 aromatic rings. The highest BCUT2D eigenvalue weighted by Gasteiger charge is 2.11. The minimum absolute atomic E-state index is 0.155. The number of halogens is 1. The van der Waals surface area contributed by atoms with Crippen LogP contribution in [0.4, 0.5) is 5.69 Å². The zero-order chi connectivity index (χ0) is 15.6. The summed E-state index contributed by atoms with van der Waals surface area (Å²) in [5, 5.41) is 7.70. The largest absolute Gasteiger partial charge is 0.398 e. The van der Waals surface area contributed by atoms with Gasteiger partial charge in [0.05, 0.1) is 16.4 Å². The van der Waals surface area contributed by atoms with Crippen LogP contribution in [0.15, 0.2) is 18.2 Å². The molecule has 0 bridgehead atoms. The van der Waals surface area contributed by atoms with Crippen molar-refractivity contribution >= 4 is 23.2 Å². The second-order valence-electron chi connectivity index (χ2n) is 5.02. The lowest BCUT2D eigenvalue weighted by atomic mass is 10.1. The lowest BCUT2D eigenvalue weighted by Gasteiger charge is -2.07. The molecule has 21 heavy (non-hydrogen) atoms. The van der Waals surface area contributed by atoms with E-state index in [9.17, 15) is 4.79 Å². The lowest BCUT2D eigenvalue weighted by Crippen LogP contribution is -2.26. The molecule has 1 aromatic heterocycles. The van der Waals surface area contributed by atoms with Crippen LogP contribution in [0.3, 0.4) is 0 Å². The van der Waals surface area contributed by atoms with Crippen LogP contribution in [0.2, 0.25) is 5.02 Å². The van der Waals surface area contributed by atoms with Crippen LogP contribution in [-0.4, -0.2) is 22.2 Å². The zero-order valence-corrected chi connectivity index (χ0v) is 13.2. The maximum absolute atomic E-state index is 12.0. The number of amides is 1. The Bertz CT molecular complexity index is 679. The van der Waals surface area contributed by atoms with E-state index in [2.05, 4.69) is 10.4 Å². The fourth-order valence-electron chi connectivity index (χ4n) is 2.27. The molecule has 0 aliphatic rings. The summed E-state index contributed by atoms with van der Waals surface area (Å²) in [4.78, 5) is 12.0. The van der Waals surface area contributed by atoms with Crippen LogP contribution < -0.4 is 11.1 Å². The number of aryl methyl sites for hydroxylation is 2. The summed E-state index contributed by atoms with van der Waals surface area (Å²) >= 11 is 5.84. The van der Waals surface area contributed by atoms with E-state index in [0.717, 1.165) is 17.8 Å². The Kier molecular flexibility index (Phi) is 4.53. The molecule has 2 rings (SSSR count). The van der Waals surface area contributed by atoms with Crippen LogP contribution in [-0.2, 0) is 13.5 Å². The summed E-state index contributed by atoms with van der Waals surface area (Å²) in [7, 11) is 1.92. The van der Waals surface area contributed by atoms with Crippen molar-refractivity contribution in [2.24, 2.45) is 7.05 Å². The minimum Gasteiger partial charge on any atom is -0.398 e. The number of nitrogen functional groups attached to an aromatic ring is 1. The molecule has 5 nitrogen and oxygen atoms in total. The summed E-state index contributed by atoms with van der Waals surface area (Å²) in [6, 6.07) is 4.87. The molecule has 0 unspecified atom stereocenters. The summed E-state index contributed by atoms with van der Waals surface area (Å²) in [6.45, 7) is 4.55. The van der Waals surface area contributed by atoms with E-state index < -0.39 is 0 Å². The van der Waals surface area contributed by atoms with E-state index in [4.69, 9.17) is 17.3 Å². The van der Waals surface area contributed by atoms with Gasteiger partial charge in [-0.3, -0.25) is 9.48 Å². The van der Waals surface area contributed by atoms with Gasteiger partial charge in [0.2, 0.25) is 0 Å². The molecule has 0 atom stereocenters. The van der Waals surface area contributed by atoms with Gasteiger partial charge in [-0.25, -0.2) is 0 Å². The number of aromatic nitrogens is 2. The number of benzene rings is 1. The molecule has 0 spiro atoms. The lowest BCUT2D eigenvalue weighted by molar-refractivity contribution is 0.0954. The van der Waals surface area contributed by atoms with Gasteiger partial charge < -0.3 is 11.1 Å². The van der Waals surface area contributed by atoms with E-state index in [1.54, 1.807) is 18.2 Å². The Labute approximate surface area is 129 Å². The third-order valence-corrected chi connectivity index (χ3v) is 3.92.